The molecule has 2 atom stereocenters. The Labute approximate surface area is 264 Å². The van der Waals surface area contributed by atoms with E-state index in [2.05, 4.69) is 22.2 Å². The summed E-state index contributed by atoms with van der Waals surface area (Å²) in [6, 6.07) is 21.4. The van der Waals surface area contributed by atoms with Crippen molar-refractivity contribution in [1.82, 2.24) is 30.1 Å². The van der Waals surface area contributed by atoms with Crippen LogP contribution in [0.4, 0.5) is 10.5 Å². The van der Waals surface area contributed by atoms with Gasteiger partial charge in [0.25, 0.3) is 0 Å². The second kappa shape index (κ2) is 13.3. The van der Waals surface area contributed by atoms with Crippen molar-refractivity contribution in [2.45, 2.75) is 31.7 Å². The van der Waals surface area contributed by atoms with Crippen LogP contribution in [0.15, 0.2) is 91.0 Å². The number of anilines is 1. The smallest absolute Gasteiger partial charge is 0.333 e. The van der Waals surface area contributed by atoms with Crippen molar-refractivity contribution in [3.05, 3.63) is 108 Å². The maximum atomic E-state index is 14.3. The molecule has 0 aliphatic carbocycles. The third-order valence-electron chi connectivity index (χ3n) is 8.08. The number of hydrazine groups is 1. The first-order chi connectivity index (χ1) is 22.0. The summed E-state index contributed by atoms with van der Waals surface area (Å²) in [6.07, 6.45) is 1.74. The molecule has 3 aromatic carbocycles. The number of nitrogens with one attached hydrogen (secondary N) is 2. The van der Waals surface area contributed by atoms with Crippen LogP contribution in [0.25, 0.3) is 10.2 Å². The van der Waals surface area contributed by atoms with Crippen molar-refractivity contribution in [2.75, 3.05) is 25.0 Å². The fourth-order valence-electron chi connectivity index (χ4n) is 6.00. The number of benzene rings is 3. The first kappa shape index (κ1) is 30.0. The second-order valence-corrected chi connectivity index (χ2v) is 11.8. The molecule has 2 fully saturated rings. The number of aromatic nitrogens is 1. The van der Waals surface area contributed by atoms with E-state index in [0.717, 1.165) is 26.9 Å². The van der Waals surface area contributed by atoms with Crippen molar-refractivity contribution in [3.63, 3.8) is 0 Å². The van der Waals surface area contributed by atoms with E-state index >= 15 is 0 Å². The van der Waals surface area contributed by atoms with Gasteiger partial charge in [0.15, 0.2) is 0 Å². The third-order valence-corrected chi connectivity index (χ3v) is 8.87. The number of amides is 5. The molecule has 5 amide bonds. The fraction of sp³-hybridized carbons (Fsp3) is 0.242. The molecule has 11 nitrogen and oxygen atoms in total. The highest BCUT2D eigenvalue weighted by Crippen LogP contribution is 2.31. The van der Waals surface area contributed by atoms with Crippen LogP contribution in [0.3, 0.4) is 0 Å². The van der Waals surface area contributed by atoms with E-state index in [9.17, 15) is 19.2 Å². The summed E-state index contributed by atoms with van der Waals surface area (Å²) in [5, 5.41) is 8.88. The van der Waals surface area contributed by atoms with Crippen LogP contribution in [0.2, 0.25) is 0 Å². The topological polar surface area (TPSA) is 118 Å². The minimum Gasteiger partial charge on any atom is -0.333 e. The Morgan fingerprint density at radius 2 is 1.82 bits per heavy atom. The van der Waals surface area contributed by atoms with Gasteiger partial charge in [-0.3, -0.25) is 14.4 Å². The largest absolute Gasteiger partial charge is 0.334 e. The molecule has 2 aliphatic heterocycles. The van der Waals surface area contributed by atoms with E-state index in [1.54, 1.807) is 43.5 Å². The average molecular weight is 624 g/mol. The molecule has 0 saturated carbocycles. The van der Waals surface area contributed by atoms with Gasteiger partial charge in [-0.05, 0) is 34.9 Å². The molecule has 0 spiro atoms. The van der Waals surface area contributed by atoms with Crippen molar-refractivity contribution >= 4 is 51.5 Å². The van der Waals surface area contributed by atoms with Crippen LogP contribution in [-0.2, 0) is 33.9 Å². The van der Waals surface area contributed by atoms with Gasteiger partial charge in [-0.2, -0.15) is 0 Å². The monoisotopic (exact) mass is 623 g/mol. The fourth-order valence-corrected chi connectivity index (χ4v) is 6.73. The molecule has 1 aromatic heterocycles. The molecule has 2 aliphatic rings. The molecule has 2 saturated heterocycles. The molecule has 12 heteroatoms. The highest BCUT2D eigenvalue weighted by molar-refractivity contribution is 7.16. The number of nitrogens with zero attached hydrogens (tertiary/aromatic N) is 5. The number of thiazole rings is 1. The molecule has 0 unspecified atom stereocenters. The number of para-hydroxylation sites is 1. The van der Waals surface area contributed by atoms with Crippen LogP contribution in [-0.4, -0.2) is 80.9 Å². The van der Waals surface area contributed by atoms with Gasteiger partial charge in [0.2, 0.25) is 18.2 Å². The number of fused-ring (bicyclic) bond motifs is 2. The van der Waals surface area contributed by atoms with Crippen molar-refractivity contribution in [3.8, 4) is 0 Å². The summed E-state index contributed by atoms with van der Waals surface area (Å²) < 4.78 is 1.02. The number of hydrogen-bond acceptors (Lipinski definition) is 7. The van der Waals surface area contributed by atoms with Gasteiger partial charge in [0.05, 0.1) is 28.8 Å². The summed E-state index contributed by atoms with van der Waals surface area (Å²) in [5.74, 6) is -0.448. The van der Waals surface area contributed by atoms with Crippen molar-refractivity contribution < 1.29 is 19.2 Å². The molecule has 45 heavy (non-hydrogen) atoms. The predicted molar refractivity (Wildman–Crippen MR) is 172 cm³/mol. The first-order valence-electron chi connectivity index (χ1n) is 14.6. The number of piperazine rings is 1. The zero-order valence-corrected chi connectivity index (χ0v) is 25.4. The zero-order chi connectivity index (χ0) is 31.3. The highest BCUT2D eigenvalue weighted by Gasteiger charge is 2.51. The van der Waals surface area contributed by atoms with E-state index in [1.165, 1.54) is 11.3 Å². The molecule has 4 aromatic rings. The zero-order valence-electron chi connectivity index (χ0n) is 24.5. The standard InChI is InChI=1S/C33H33N7O4S/c1-2-15-38-20-30(42)39-27(16-23-11-13-26(14-12-23)35-21-41)32(43)37(18-25-9-6-10-28-31(25)36-22-45-28)19-29(39)40(38)33(44)34-17-24-7-4-3-5-8-24/h2-14,21-22,27,29H,1,15-20H2,(H,34,44)(H,35,41)/t27-,29-/m0/s1. The maximum absolute atomic E-state index is 14.3. The van der Waals surface area contributed by atoms with E-state index in [-0.39, 0.29) is 50.4 Å². The number of hydrogen-bond donors (Lipinski definition) is 2. The first-order valence-corrected chi connectivity index (χ1v) is 15.5. The Morgan fingerprint density at radius 3 is 2.58 bits per heavy atom. The van der Waals surface area contributed by atoms with Gasteiger partial charge < -0.3 is 20.4 Å². The number of rotatable bonds is 10. The van der Waals surface area contributed by atoms with Gasteiger partial charge in [-0.25, -0.2) is 19.8 Å². The summed E-state index contributed by atoms with van der Waals surface area (Å²) in [7, 11) is 0. The Hall–Kier alpha value is -5.07. The van der Waals surface area contributed by atoms with Gasteiger partial charge in [-0.1, -0.05) is 60.7 Å². The maximum Gasteiger partial charge on any atom is 0.334 e. The second-order valence-electron chi connectivity index (χ2n) is 10.9. The summed E-state index contributed by atoms with van der Waals surface area (Å²) in [6.45, 7) is 4.74. The van der Waals surface area contributed by atoms with Crippen LogP contribution in [0.1, 0.15) is 16.7 Å². The molecular weight excluding hydrogens is 590 g/mol. The van der Waals surface area contributed by atoms with E-state index < -0.39 is 12.2 Å². The van der Waals surface area contributed by atoms with Gasteiger partial charge in [0.1, 0.15) is 12.2 Å². The Balaban J connectivity index is 1.35. The van der Waals surface area contributed by atoms with E-state index in [0.29, 0.717) is 18.6 Å². The normalized spacial score (nSPS) is 18.5. The predicted octanol–water partition coefficient (Wildman–Crippen LogP) is 3.60. The molecule has 0 bridgehead atoms. The van der Waals surface area contributed by atoms with Crippen LogP contribution in [0.5, 0.6) is 0 Å². The summed E-state index contributed by atoms with van der Waals surface area (Å²) >= 11 is 1.53. The molecule has 3 heterocycles. The lowest BCUT2D eigenvalue weighted by atomic mass is 9.98. The van der Waals surface area contributed by atoms with Crippen molar-refractivity contribution in [2.24, 2.45) is 0 Å². The number of carbonyl (C=O) groups excluding carboxylic acids is 4. The Kier molecular flexibility index (Phi) is 8.85. The Bertz CT molecular complexity index is 1710. The molecule has 0 radical (unpaired) electrons. The summed E-state index contributed by atoms with van der Waals surface area (Å²) in [4.78, 5) is 60.7. The van der Waals surface area contributed by atoms with Gasteiger partial charge in [0, 0.05) is 31.7 Å². The Morgan fingerprint density at radius 1 is 1.02 bits per heavy atom. The number of carbonyl (C=O) groups is 4. The summed E-state index contributed by atoms with van der Waals surface area (Å²) in [5.41, 5.74) is 5.88. The lowest BCUT2D eigenvalue weighted by Gasteiger charge is -2.55. The van der Waals surface area contributed by atoms with Crippen LogP contribution >= 0.6 is 11.3 Å². The van der Waals surface area contributed by atoms with Crippen LogP contribution in [0, 0.1) is 0 Å². The van der Waals surface area contributed by atoms with Crippen LogP contribution < -0.4 is 10.6 Å². The molecule has 230 valence electrons. The van der Waals surface area contributed by atoms with Gasteiger partial charge >= 0.3 is 6.03 Å². The van der Waals surface area contributed by atoms with E-state index in [1.807, 2.05) is 60.7 Å². The highest BCUT2D eigenvalue weighted by atomic mass is 32.1. The minimum atomic E-state index is -0.855. The molecule has 2 N–H and O–H groups in total. The van der Waals surface area contributed by atoms with E-state index in [4.69, 9.17) is 0 Å². The SMILES string of the molecule is C=CCN1CC(=O)N2[C@@H](Cc3ccc(NC=O)cc3)C(=O)N(Cc3cccc4scnc34)C[C@@H]2N1C(=O)NCc1ccccc1. The van der Waals surface area contributed by atoms with Gasteiger partial charge in [-0.15, -0.1) is 17.9 Å². The lowest BCUT2D eigenvalue weighted by molar-refractivity contribution is -0.189. The molecular formula is C33H33N7O4S. The number of urea groups is 1. The lowest BCUT2D eigenvalue weighted by Crippen LogP contribution is -2.76. The quantitative estimate of drug-likeness (QED) is 0.206. The molecule has 6 rings (SSSR count). The minimum absolute atomic E-state index is 0.0780. The third kappa shape index (κ3) is 6.28. The van der Waals surface area contributed by atoms with Crippen molar-refractivity contribution in [1.29, 1.82) is 0 Å². The average Bonchev–Trinajstić information content (AvgIpc) is 3.54.